The van der Waals surface area contributed by atoms with E-state index in [1.54, 1.807) is 31.0 Å². The SMILES string of the molecule is CCOP(=O)(CC(=CCCCSc1cn[nH]n1)C(=O)O)CC(C)C. The second kappa shape index (κ2) is 10.7. The molecule has 136 valence electrons. The number of nitrogens with zero attached hydrogens (tertiary/aromatic N) is 2. The number of aromatic nitrogens is 3. The molecule has 1 atom stereocenters. The summed E-state index contributed by atoms with van der Waals surface area (Å²) in [5.74, 6) is -0.0236. The molecular weight excluding hydrogens is 349 g/mol. The highest BCUT2D eigenvalue weighted by molar-refractivity contribution is 7.99. The summed E-state index contributed by atoms with van der Waals surface area (Å²) < 4.78 is 18.3. The average molecular weight is 375 g/mol. The van der Waals surface area contributed by atoms with Gasteiger partial charge in [0.25, 0.3) is 0 Å². The summed E-state index contributed by atoms with van der Waals surface area (Å²) in [5, 5.41) is 20.4. The van der Waals surface area contributed by atoms with Gasteiger partial charge in [0.05, 0.1) is 19.0 Å². The molecular formula is C15H26N3O4PS. The molecule has 1 heterocycles. The van der Waals surface area contributed by atoms with E-state index in [1.165, 1.54) is 0 Å². The standard InChI is InChI=1S/C15H26N3O4PS/c1-4-22-23(21,10-12(2)3)11-13(15(19)20)7-5-6-8-24-14-9-16-18-17-14/h7,9,12H,4-6,8,10-11H2,1-3H3,(H,19,20)(H,16,17,18). The van der Waals surface area contributed by atoms with Crippen LogP contribution >= 0.6 is 19.1 Å². The molecule has 0 amide bonds. The van der Waals surface area contributed by atoms with Crippen LogP contribution in [0.15, 0.2) is 22.9 Å². The van der Waals surface area contributed by atoms with Gasteiger partial charge in [0.15, 0.2) is 0 Å². The van der Waals surface area contributed by atoms with Crippen molar-refractivity contribution in [3.8, 4) is 0 Å². The van der Waals surface area contributed by atoms with Crippen LogP contribution in [0.25, 0.3) is 0 Å². The Morgan fingerprint density at radius 2 is 2.29 bits per heavy atom. The van der Waals surface area contributed by atoms with Crippen LogP contribution in [0.4, 0.5) is 0 Å². The minimum absolute atomic E-state index is 0.00914. The third-order valence-electron chi connectivity index (χ3n) is 3.08. The van der Waals surface area contributed by atoms with E-state index in [-0.39, 0.29) is 17.7 Å². The second-order valence-electron chi connectivity index (χ2n) is 5.80. The van der Waals surface area contributed by atoms with Gasteiger partial charge in [0, 0.05) is 11.7 Å². The summed E-state index contributed by atoms with van der Waals surface area (Å²) in [6, 6.07) is 0. The van der Waals surface area contributed by atoms with Crippen molar-refractivity contribution < 1.29 is 19.0 Å². The van der Waals surface area contributed by atoms with Gasteiger partial charge in [-0.05, 0) is 31.4 Å². The smallest absolute Gasteiger partial charge is 0.331 e. The number of carbonyl (C=O) groups is 1. The fourth-order valence-corrected chi connectivity index (χ4v) is 5.68. The van der Waals surface area contributed by atoms with Crippen molar-refractivity contribution in [1.29, 1.82) is 0 Å². The molecule has 1 aromatic rings. The predicted octanol–water partition coefficient (Wildman–Crippen LogP) is 3.66. The molecule has 9 heteroatoms. The largest absolute Gasteiger partial charge is 0.478 e. The average Bonchev–Trinajstić information content (AvgIpc) is 2.98. The van der Waals surface area contributed by atoms with Crippen LogP contribution in [0.2, 0.25) is 0 Å². The van der Waals surface area contributed by atoms with E-state index in [1.807, 2.05) is 13.8 Å². The molecule has 0 saturated carbocycles. The Morgan fingerprint density at radius 3 is 2.83 bits per heavy atom. The fourth-order valence-electron chi connectivity index (χ4n) is 2.23. The highest BCUT2D eigenvalue weighted by Gasteiger charge is 2.27. The number of carboxylic acids is 1. The molecule has 0 aliphatic rings. The first-order chi connectivity index (χ1) is 11.4. The first kappa shape index (κ1) is 20.9. The Hall–Kier alpha value is -1.11. The summed E-state index contributed by atoms with van der Waals surface area (Å²) in [6.45, 7) is 6.01. The molecule has 0 bridgehead atoms. The molecule has 1 aromatic heterocycles. The number of hydrogen-bond acceptors (Lipinski definition) is 6. The van der Waals surface area contributed by atoms with E-state index in [4.69, 9.17) is 4.52 Å². The molecule has 0 fully saturated rings. The van der Waals surface area contributed by atoms with E-state index in [0.717, 1.165) is 17.2 Å². The van der Waals surface area contributed by atoms with E-state index >= 15 is 0 Å². The summed E-state index contributed by atoms with van der Waals surface area (Å²) in [5.41, 5.74) is 0.180. The number of allylic oxidation sites excluding steroid dienone is 1. The van der Waals surface area contributed by atoms with Gasteiger partial charge in [-0.1, -0.05) is 19.9 Å². The molecule has 2 N–H and O–H groups in total. The van der Waals surface area contributed by atoms with Gasteiger partial charge in [-0.2, -0.15) is 10.3 Å². The number of H-pyrrole nitrogens is 1. The lowest BCUT2D eigenvalue weighted by Gasteiger charge is -2.20. The number of hydrogen-bond donors (Lipinski definition) is 2. The van der Waals surface area contributed by atoms with E-state index in [0.29, 0.717) is 19.2 Å². The monoisotopic (exact) mass is 375 g/mol. The Morgan fingerprint density at radius 1 is 1.54 bits per heavy atom. The zero-order valence-corrected chi connectivity index (χ0v) is 16.1. The first-order valence-electron chi connectivity index (χ1n) is 8.00. The third-order valence-corrected chi connectivity index (χ3v) is 6.90. The first-order valence-corrected chi connectivity index (χ1v) is 11.0. The number of thioether (sulfide) groups is 1. The lowest BCUT2D eigenvalue weighted by molar-refractivity contribution is -0.132. The molecule has 0 saturated heterocycles. The Labute approximate surface area is 147 Å². The van der Waals surface area contributed by atoms with Gasteiger partial charge in [-0.15, -0.1) is 16.9 Å². The number of rotatable bonds is 12. The van der Waals surface area contributed by atoms with Gasteiger partial charge in [-0.25, -0.2) is 4.79 Å². The summed E-state index contributed by atoms with van der Waals surface area (Å²) in [7, 11) is -2.96. The van der Waals surface area contributed by atoms with Crippen LogP contribution in [0, 0.1) is 5.92 Å². The molecule has 1 rings (SSSR count). The maximum atomic E-state index is 12.8. The molecule has 0 aromatic carbocycles. The summed E-state index contributed by atoms with van der Waals surface area (Å²) in [6.07, 6.45) is 5.11. The number of nitrogens with one attached hydrogen (secondary N) is 1. The molecule has 0 aliphatic carbocycles. The summed E-state index contributed by atoms with van der Waals surface area (Å²) in [4.78, 5) is 11.4. The maximum Gasteiger partial charge on any atom is 0.331 e. The molecule has 0 aliphatic heterocycles. The minimum atomic E-state index is -2.96. The van der Waals surface area contributed by atoms with Crippen LogP contribution in [0.5, 0.6) is 0 Å². The van der Waals surface area contributed by atoms with Crippen LogP contribution in [0.1, 0.15) is 33.6 Å². The molecule has 0 spiro atoms. The van der Waals surface area contributed by atoms with Crippen molar-refractivity contribution in [3.05, 3.63) is 17.8 Å². The van der Waals surface area contributed by atoms with Crippen LogP contribution in [0.3, 0.4) is 0 Å². The van der Waals surface area contributed by atoms with Crippen molar-refractivity contribution in [2.24, 2.45) is 5.92 Å². The Balaban J connectivity index is 2.57. The van der Waals surface area contributed by atoms with Gasteiger partial charge in [0.2, 0.25) is 7.37 Å². The highest BCUT2D eigenvalue weighted by Crippen LogP contribution is 2.50. The van der Waals surface area contributed by atoms with Crippen molar-refractivity contribution in [3.63, 3.8) is 0 Å². The molecule has 7 nitrogen and oxygen atoms in total. The zero-order valence-electron chi connectivity index (χ0n) is 14.4. The molecule has 1 unspecified atom stereocenters. The van der Waals surface area contributed by atoms with E-state index < -0.39 is 13.3 Å². The van der Waals surface area contributed by atoms with Crippen LogP contribution in [-0.4, -0.2) is 51.2 Å². The topological polar surface area (TPSA) is 105 Å². The van der Waals surface area contributed by atoms with Crippen molar-refractivity contribution in [2.45, 2.75) is 38.6 Å². The van der Waals surface area contributed by atoms with Gasteiger partial charge in [-0.3, -0.25) is 4.57 Å². The van der Waals surface area contributed by atoms with E-state index in [2.05, 4.69) is 15.4 Å². The van der Waals surface area contributed by atoms with Crippen molar-refractivity contribution in [1.82, 2.24) is 15.4 Å². The number of carboxylic acid groups (broad SMARTS) is 1. The zero-order chi connectivity index (χ0) is 18.0. The lowest BCUT2D eigenvalue weighted by atomic mass is 10.2. The number of aliphatic carboxylic acids is 1. The molecule has 0 radical (unpaired) electrons. The van der Waals surface area contributed by atoms with Gasteiger partial charge < -0.3 is 9.63 Å². The normalized spacial score (nSPS) is 14.8. The second-order valence-corrected chi connectivity index (χ2v) is 9.48. The quantitative estimate of drug-likeness (QED) is 0.248. The Kier molecular flexibility index (Phi) is 9.33. The number of aromatic amines is 1. The van der Waals surface area contributed by atoms with Crippen molar-refractivity contribution in [2.75, 3.05) is 24.7 Å². The fraction of sp³-hybridized carbons (Fsp3) is 0.667. The van der Waals surface area contributed by atoms with E-state index in [9.17, 15) is 14.5 Å². The Bertz CT molecular complexity index is 575. The minimum Gasteiger partial charge on any atom is -0.478 e. The van der Waals surface area contributed by atoms with Gasteiger partial charge in [0.1, 0.15) is 5.03 Å². The highest BCUT2D eigenvalue weighted by atomic mass is 32.2. The molecule has 24 heavy (non-hydrogen) atoms. The summed E-state index contributed by atoms with van der Waals surface area (Å²) >= 11 is 1.56. The van der Waals surface area contributed by atoms with Crippen molar-refractivity contribution >= 4 is 25.1 Å². The van der Waals surface area contributed by atoms with Gasteiger partial charge >= 0.3 is 5.97 Å². The van der Waals surface area contributed by atoms with Crippen LogP contribution < -0.4 is 0 Å². The predicted molar refractivity (Wildman–Crippen MR) is 95.9 cm³/mol. The number of unbranched alkanes of at least 4 members (excludes halogenated alkanes) is 1. The van der Waals surface area contributed by atoms with Crippen LogP contribution in [-0.2, 0) is 13.9 Å². The lowest BCUT2D eigenvalue weighted by Crippen LogP contribution is -2.12. The third kappa shape index (κ3) is 8.13. The maximum absolute atomic E-state index is 12.8.